The van der Waals surface area contributed by atoms with E-state index in [9.17, 15) is 4.79 Å². The number of likely N-dealkylation sites (tertiary alicyclic amines) is 1. The number of hydrogen-bond acceptors (Lipinski definition) is 2. The molecule has 1 aromatic heterocycles. The van der Waals surface area contributed by atoms with E-state index >= 15 is 0 Å². The molecule has 0 radical (unpaired) electrons. The van der Waals surface area contributed by atoms with Gasteiger partial charge in [0.25, 0.3) is 5.91 Å². The van der Waals surface area contributed by atoms with E-state index in [2.05, 4.69) is 4.90 Å². The number of carbonyl (C=O) groups excluding carboxylic acids is 1. The molecule has 1 saturated carbocycles. The van der Waals surface area contributed by atoms with Gasteiger partial charge in [-0.05, 0) is 42.5 Å². The van der Waals surface area contributed by atoms with Crippen molar-refractivity contribution in [2.45, 2.75) is 44.9 Å². The molecule has 0 atom stereocenters. The minimum Gasteiger partial charge on any atom is -0.338 e. The maximum atomic E-state index is 12.3. The molecule has 2 nitrogen and oxygen atoms in total. The molecule has 2 fully saturated rings. The van der Waals surface area contributed by atoms with Gasteiger partial charge in [-0.1, -0.05) is 25.3 Å². The Morgan fingerprint density at radius 2 is 1.83 bits per heavy atom. The number of piperidine rings is 1. The maximum absolute atomic E-state index is 12.3. The van der Waals surface area contributed by atoms with Gasteiger partial charge in [-0.2, -0.15) is 0 Å². The second-order valence-corrected chi connectivity index (χ2v) is 6.78. The maximum Gasteiger partial charge on any atom is 0.263 e. The van der Waals surface area contributed by atoms with Gasteiger partial charge in [-0.15, -0.1) is 11.3 Å². The second kappa shape index (κ2) is 5.04. The summed E-state index contributed by atoms with van der Waals surface area (Å²) in [5.41, 5.74) is 0.588. The van der Waals surface area contributed by atoms with Gasteiger partial charge < -0.3 is 4.90 Å². The lowest BCUT2D eigenvalue weighted by molar-refractivity contribution is 0.0476. The van der Waals surface area contributed by atoms with E-state index < -0.39 is 0 Å². The zero-order valence-electron chi connectivity index (χ0n) is 10.9. The summed E-state index contributed by atoms with van der Waals surface area (Å²) < 4.78 is 0. The van der Waals surface area contributed by atoms with Crippen LogP contribution in [0.15, 0.2) is 17.5 Å². The first-order chi connectivity index (χ1) is 8.79. The highest BCUT2D eigenvalue weighted by Gasteiger charge is 2.36. The van der Waals surface area contributed by atoms with Gasteiger partial charge in [0.2, 0.25) is 0 Å². The Hall–Kier alpha value is -0.830. The average molecular weight is 263 g/mol. The van der Waals surface area contributed by atoms with Crippen molar-refractivity contribution >= 4 is 17.2 Å². The van der Waals surface area contributed by atoms with Gasteiger partial charge in [0.15, 0.2) is 0 Å². The zero-order chi connectivity index (χ0) is 12.4. The fourth-order valence-corrected chi connectivity index (χ4v) is 4.23. The van der Waals surface area contributed by atoms with E-state index in [1.807, 2.05) is 17.5 Å². The molecule has 0 bridgehead atoms. The first kappa shape index (κ1) is 12.2. The fraction of sp³-hybridized carbons (Fsp3) is 0.667. The SMILES string of the molecule is O=C(c1cccs1)N1CCC2(CCCCC2)CC1. The zero-order valence-corrected chi connectivity index (χ0v) is 11.7. The average Bonchev–Trinajstić information content (AvgIpc) is 2.94. The summed E-state index contributed by atoms with van der Waals surface area (Å²) >= 11 is 1.56. The first-order valence-electron chi connectivity index (χ1n) is 7.12. The molecule has 3 heteroatoms. The van der Waals surface area contributed by atoms with Crippen LogP contribution in [0.3, 0.4) is 0 Å². The van der Waals surface area contributed by atoms with Crippen molar-refractivity contribution in [1.29, 1.82) is 0 Å². The van der Waals surface area contributed by atoms with Crippen molar-refractivity contribution in [3.8, 4) is 0 Å². The number of carbonyl (C=O) groups is 1. The second-order valence-electron chi connectivity index (χ2n) is 5.83. The molecule has 0 aromatic carbocycles. The van der Waals surface area contributed by atoms with Crippen LogP contribution >= 0.6 is 11.3 Å². The number of thiophene rings is 1. The highest BCUT2D eigenvalue weighted by Crippen LogP contribution is 2.44. The standard InChI is InChI=1S/C15H21NOS/c17-14(13-5-4-12-18-13)16-10-8-15(9-11-16)6-2-1-3-7-15/h4-5,12H,1-3,6-11H2. The van der Waals surface area contributed by atoms with Gasteiger partial charge >= 0.3 is 0 Å². The lowest BCUT2D eigenvalue weighted by Gasteiger charge is -2.44. The van der Waals surface area contributed by atoms with Crippen molar-refractivity contribution in [3.05, 3.63) is 22.4 Å². The minimum absolute atomic E-state index is 0.246. The van der Waals surface area contributed by atoms with Crippen LogP contribution in [0.1, 0.15) is 54.6 Å². The van der Waals surface area contributed by atoms with Crippen LogP contribution in [0.4, 0.5) is 0 Å². The lowest BCUT2D eigenvalue weighted by Crippen LogP contribution is -2.43. The smallest absolute Gasteiger partial charge is 0.263 e. The number of hydrogen-bond donors (Lipinski definition) is 0. The highest BCUT2D eigenvalue weighted by atomic mass is 32.1. The van der Waals surface area contributed by atoms with Crippen LogP contribution in [0.2, 0.25) is 0 Å². The van der Waals surface area contributed by atoms with Crippen LogP contribution in [-0.2, 0) is 0 Å². The van der Waals surface area contributed by atoms with E-state index in [0.717, 1.165) is 18.0 Å². The summed E-state index contributed by atoms with van der Waals surface area (Å²) in [6.45, 7) is 1.94. The topological polar surface area (TPSA) is 20.3 Å². The van der Waals surface area contributed by atoms with Gasteiger partial charge in [0.1, 0.15) is 0 Å². The fourth-order valence-electron chi connectivity index (χ4n) is 3.54. The summed E-state index contributed by atoms with van der Waals surface area (Å²) in [6.07, 6.45) is 9.47. The third kappa shape index (κ3) is 2.33. The molecule has 1 saturated heterocycles. The van der Waals surface area contributed by atoms with Crippen LogP contribution in [0.25, 0.3) is 0 Å². The molecule has 18 heavy (non-hydrogen) atoms. The lowest BCUT2D eigenvalue weighted by atomic mass is 9.68. The summed E-state index contributed by atoms with van der Waals surface area (Å²) in [4.78, 5) is 15.2. The van der Waals surface area contributed by atoms with Gasteiger partial charge in [-0.3, -0.25) is 4.79 Å². The van der Waals surface area contributed by atoms with E-state index in [4.69, 9.17) is 0 Å². The molecule has 2 aliphatic rings. The molecule has 98 valence electrons. The molecule has 0 N–H and O–H groups in total. The molecule has 2 heterocycles. The third-order valence-corrected chi connectivity index (χ3v) is 5.62. The van der Waals surface area contributed by atoms with Crippen molar-refractivity contribution in [2.75, 3.05) is 13.1 Å². The van der Waals surface area contributed by atoms with E-state index in [1.165, 1.54) is 44.9 Å². The van der Waals surface area contributed by atoms with E-state index in [0.29, 0.717) is 5.41 Å². The number of amides is 1. The summed E-state index contributed by atoms with van der Waals surface area (Å²) in [7, 11) is 0. The third-order valence-electron chi connectivity index (χ3n) is 4.76. The molecule has 3 rings (SSSR count). The van der Waals surface area contributed by atoms with Gasteiger partial charge in [0.05, 0.1) is 4.88 Å². The van der Waals surface area contributed by atoms with E-state index in [1.54, 1.807) is 11.3 Å². The highest BCUT2D eigenvalue weighted by molar-refractivity contribution is 7.12. The summed E-state index contributed by atoms with van der Waals surface area (Å²) in [6, 6.07) is 3.91. The van der Waals surface area contributed by atoms with Crippen molar-refractivity contribution in [3.63, 3.8) is 0 Å². The molecule has 1 amide bonds. The summed E-state index contributed by atoms with van der Waals surface area (Å²) in [5, 5.41) is 1.99. The first-order valence-corrected chi connectivity index (χ1v) is 8.00. The van der Waals surface area contributed by atoms with Crippen LogP contribution in [-0.4, -0.2) is 23.9 Å². The Kier molecular flexibility index (Phi) is 3.42. The molecule has 1 aromatic rings. The molecular formula is C15H21NOS. The predicted octanol–water partition coefficient (Wildman–Crippen LogP) is 3.93. The normalized spacial score (nSPS) is 23.2. The number of nitrogens with zero attached hydrogens (tertiary/aromatic N) is 1. The Morgan fingerprint density at radius 1 is 1.11 bits per heavy atom. The van der Waals surface area contributed by atoms with Crippen LogP contribution in [0.5, 0.6) is 0 Å². The van der Waals surface area contributed by atoms with Gasteiger partial charge in [0, 0.05) is 13.1 Å². The number of rotatable bonds is 1. The Balaban J connectivity index is 1.61. The Labute approximate surface area is 113 Å². The van der Waals surface area contributed by atoms with Crippen molar-refractivity contribution in [1.82, 2.24) is 4.90 Å². The van der Waals surface area contributed by atoms with Crippen molar-refractivity contribution < 1.29 is 4.79 Å². The molecule has 0 unspecified atom stereocenters. The minimum atomic E-state index is 0.246. The monoisotopic (exact) mass is 263 g/mol. The van der Waals surface area contributed by atoms with Crippen molar-refractivity contribution in [2.24, 2.45) is 5.41 Å². The molecular weight excluding hydrogens is 242 g/mol. The predicted molar refractivity (Wildman–Crippen MR) is 75.0 cm³/mol. The Bertz CT molecular complexity index is 396. The molecule has 1 aliphatic carbocycles. The largest absolute Gasteiger partial charge is 0.338 e. The van der Waals surface area contributed by atoms with Crippen LogP contribution < -0.4 is 0 Å². The quantitative estimate of drug-likeness (QED) is 0.751. The van der Waals surface area contributed by atoms with E-state index in [-0.39, 0.29) is 5.91 Å². The molecule has 1 spiro atoms. The summed E-state index contributed by atoms with van der Waals surface area (Å²) in [5.74, 6) is 0.246. The van der Waals surface area contributed by atoms with Crippen LogP contribution in [0, 0.1) is 5.41 Å². The Morgan fingerprint density at radius 3 is 2.44 bits per heavy atom. The molecule has 1 aliphatic heterocycles. The van der Waals surface area contributed by atoms with Gasteiger partial charge in [-0.25, -0.2) is 0 Å².